The molecule has 0 N–H and O–H groups in total. The van der Waals surface area contributed by atoms with E-state index in [1.54, 1.807) is 4.90 Å². The molecule has 3 heteroatoms. The van der Waals surface area contributed by atoms with E-state index in [-0.39, 0.29) is 0 Å². The van der Waals surface area contributed by atoms with Crippen LogP contribution in [0.2, 0.25) is 0 Å². The second-order valence-corrected chi connectivity index (χ2v) is 5.73. The Morgan fingerprint density at radius 3 is 2.44 bits per heavy atom. The van der Waals surface area contributed by atoms with E-state index in [9.17, 15) is 0 Å². The van der Waals surface area contributed by atoms with E-state index < -0.39 is 0 Å². The summed E-state index contributed by atoms with van der Waals surface area (Å²) >= 11 is 1.87. The molecule has 0 heterocycles. The molecule has 1 aromatic carbocycles. The van der Waals surface area contributed by atoms with Crippen molar-refractivity contribution in [2.45, 2.75) is 30.4 Å². The van der Waals surface area contributed by atoms with Crippen LogP contribution in [0.5, 0.6) is 0 Å². The molecule has 0 aromatic heterocycles. The summed E-state index contributed by atoms with van der Waals surface area (Å²) in [5, 5.41) is 9.25. The molecule has 86 valence electrons. The van der Waals surface area contributed by atoms with Crippen molar-refractivity contribution in [2.75, 3.05) is 13.6 Å². The number of likely N-dealkylation sites (N-methyl/N-ethyl adjacent to an activating group) is 1. The lowest BCUT2D eigenvalue weighted by Crippen LogP contribution is -2.14. The fourth-order valence-corrected chi connectivity index (χ4v) is 2.19. The van der Waals surface area contributed by atoms with E-state index in [2.05, 4.69) is 44.3 Å². The van der Waals surface area contributed by atoms with E-state index in [4.69, 9.17) is 5.26 Å². The van der Waals surface area contributed by atoms with Gasteiger partial charge in [-0.25, -0.2) is 0 Å². The molecule has 0 saturated heterocycles. The molecule has 0 atom stereocenters. The molecular weight excluding hydrogens is 216 g/mol. The SMILES string of the molecule is CC(C)Sc1ccc(CCN(C)C#N)cc1. The summed E-state index contributed by atoms with van der Waals surface area (Å²) in [4.78, 5) is 2.96. The smallest absolute Gasteiger partial charge is 0.179 e. The Bertz CT molecular complexity index is 351. The summed E-state index contributed by atoms with van der Waals surface area (Å²) in [6, 6.07) is 8.62. The molecule has 0 fully saturated rings. The van der Waals surface area contributed by atoms with Gasteiger partial charge in [0.1, 0.15) is 0 Å². The molecule has 0 spiro atoms. The highest BCUT2D eigenvalue weighted by atomic mass is 32.2. The van der Waals surface area contributed by atoms with Gasteiger partial charge in [0.05, 0.1) is 0 Å². The van der Waals surface area contributed by atoms with Crippen molar-refractivity contribution in [3.8, 4) is 6.19 Å². The van der Waals surface area contributed by atoms with Crippen LogP contribution < -0.4 is 0 Å². The van der Waals surface area contributed by atoms with Gasteiger partial charge in [0.25, 0.3) is 0 Å². The van der Waals surface area contributed by atoms with Crippen molar-refractivity contribution in [1.82, 2.24) is 4.90 Å². The Morgan fingerprint density at radius 1 is 1.31 bits per heavy atom. The van der Waals surface area contributed by atoms with Crippen molar-refractivity contribution in [3.63, 3.8) is 0 Å². The maximum absolute atomic E-state index is 8.63. The van der Waals surface area contributed by atoms with Crippen LogP contribution >= 0.6 is 11.8 Å². The average molecular weight is 234 g/mol. The largest absolute Gasteiger partial charge is 0.313 e. The monoisotopic (exact) mass is 234 g/mol. The fraction of sp³-hybridized carbons (Fsp3) is 0.462. The van der Waals surface area contributed by atoms with E-state index in [1.165, 1.54) is 10.5 Å². The van der Waals surface area contributed by atoms with Crippen molar-refractivity contribution >= 4 is 11.8 Å². The van der Waals surface area contributed by atoms with E-state index in [0.29, 0.717) is 5.25 Å². The predicted octanol–water partition coefficient (Wildman–Crippen LogP) is 3.14. The van der Waals surface area contributed by atoms with Gasteiger partial charge in [0.15, 0.2) is 6.19 Å². The van der Waals surface area contributed by atoms with Gasteiger partial charge in [-0.05, 0) is 24.1 Å². The summed E-state index contributed by atoms with van der Waals surface area (Å²) < 4.78 is 0. The molecular formula is C13H18N2S. The van der Waals surface area contributed by atoms with Crippen molar-refractivity contribution in [1.29, 1.82) is 5.26 Å². The molecule has 0 unspecified atom stereocenters. The summed E-state index contributed by atoms with van der Waals surface area (Å²) in [5.74, 6) is 0. The standard InChI is InChI=1S/C13H18N2S/c1-11(2)16-13-6-4-12(5-7-13)8-9-15(3)10-14/h4-7,11H,8-9H2,1-3H3. The number of thioether (sulfide) groups is 1. The Hall–Kier alpha value is -1.14. The maximum Gasteiger partial charge on any atom is 0.179 e. The summed E-state index contributed by atoms with van der Waals surface area (Å²) in [6.45, 7) is 5.17. The van der Waals surface area contributed by atoms with Crippen LogP contribution in [0.1, 0.15) is 19.4 Å². The van der Waals surface area contributed by atoms with Gasteiger partial charge in [0.2, 0.25) is 0 Å². The third-order valence-electron chi connectivity index (χ3n) is 2.20. The first-order valence-corrected chi connectivity index (χ1v) is 6.36. The normalized spacial score (nSPS) is 10.2. The number of hydrogen-bond acceptors (Lipinski definition) is 3. The number of nitriles is 1. The van der Waals surface area contributed by atoms with Crippen LogP contribution in [0.25, 0.3) is 0 Å². The second-order valence-electron chi connectivity index (χ2n) is 4.08. The molecule has 0 bridgehead atoms. The van der Waals surface area contributed by atoms with Crippen LogP contribution in [-0.2, 0) is 6.42 Å². The second kappa shape index (κ2) is 6.44. The molecule has 1 aromatic rings. The average Bonchev–Trinajstić information content (AvgIpc) is 2.27. The number of nitrogens with zero attached hydrogens (tertiary/aromatic N) is 2. The molecule has 0 saturated carbocycles. The Kier molecular flexibility index (Phi) is 5.21. The number of hydrogen-bond donors (Lipinski definition) is 0. The van der Waals surface area contributed by atoms with Gasteiger partial charge >= 0.3 is 0 Å². The minimum absolute atomic E-state index is 0.621. The molecule has 0 aliphatic carbocycles. The first kappa shape index (κ1) is 12.9. The molecule has 16 heavy (non-hydrogen) atoms. The van der Waals surface area contributed by atoms with Gasteiger partial charge in [-0.2, -0.15) is 5.26 Å². The molecule has 0 amide bonds. The zero-order valence-electron chi connectivity index (χ0n) is 10.1. The zero-order valence-corrected chi connectivity index (χ0v) is 10.9. The lowest BCUT2D eigenvalue weighted by Gasteiger charge is -2.09. The van der Waals surface area contributed by atoms with Gasteiger partial charge in [-0.3, -0.25) is 0 Å². The van der Waals surface area contributed by atoms with Gasteiger partial charge < -0.3 is 4.90 Å². The topological polar surface area (TPSA) is 27.0 Å². The van der Waals surface area contributed by atoms with E-state index >= 15 is 0 Å². The predicted molar refractivity (Wildman–Crippen MR) is 69.4 cm³/mol. The minimum Gasteiger partial charge on any atom is -0.313 e. The van der Waals surface area contributed by atoms with Crippen molar-refractivity contribution < 1.29 is 0 Å². The van der Waals surface area contributed by atoms with Gasteiger partial charge in [-0.15, -0.1) is 11.8 Å². The van der Waals surface area contributed by atoms with Crippen molar-refractivity contribution in [3.05, 3.63) is 29.8 Å². The number of rotatable bonds is 5. The maximum atomic E-state index is 8.63. The Labute approximate surface area is 102 Å². The van der Waals surface area contributed by atoms with Crippen LogP contribution in [-0.4, -0.2) is 23.7 Å². The highest BCUT2D eigenvalue weighted by Crippen LogP contribution is 2.22. The third-order valence-corrected chi connectivity index (χ3v) is 3.22. The van der Waals surface area contributed by atoms with Gasteiger partial charge in [-0.1, -0.05) is 26.0 Å². The lowest BCUT2D eigenvalue weighted by atomic mass is 10.1. The molecule has 0 aliphatic rings. The molecule has 0 aliphatic heterocycles. The summed E-state index contributed by atoms with van der Waals surface area (Å²) in [6.07, 6.45) is 3.03. The van der Waals surface area contributed by atoms with Crippen LogP contribution in [0, 0.1) is 11.5 Å². The van der Waals surface area contributed by atoms with E-state index in [0.717, 1.165) is 13.0 Å². The molecule has 2 nitrogen and oxygen atoms in total. The Balaban J connectivity index is 2.49. The van der Waals surface area contributed by atoms with Crippen LogP contribution in [0.3, 0.4) is 0 Å². The zero-order chi connectivity index (χ0) is 12.0. The molecule has 0 radical (unpaired) electrons. The lowest BCUT2D eigenvalue weighted by molar-refractivity contribution is 0.478. The van der Waals surface area contributed by atoms with Crippen molar-refractivity contribution in [2.24, 2.45) is 0 Å². The van der Waals surface area contributed by atoms with Gasteiger partial charge in [0, 0.05) is 23.7 Å². The third kappa shape index (κ3) is 4.59. The highest BCUT2D eigenvalue weighted by molar-refractivity contribution is 7.99. The van der Waals surface area contributed by atoms with E-state index in [1.807, 2.05) is 18.8 Å². The fourth-order valence-electron chi connectivity index (χ4n) is 1.35. The van der Waals surface area contributed by atoms with Crippen LogP contribution in [0.4, 0.5) is 0 Å². The summed E-state index contributed by atoms with van der Waals surface area (Å²) in [5.41, 5.74) is 1.29. The minimum atomic E-state index is 0.621. The quantitative estimate of drug-likeness (QED) is 0.445. The molecule has 1 rings (SSSR count). The van der Waals surface area contributed by atoms with Crippen LogP contribution in [0.15, 0.2) is 29.2 Å². The highest BCUT2D eigenvalue weighted by Gasteiger charge is 2.00. The summed E-state index contributed by atoms with van der Waals surface area (Å²) in [7, 11) is 1.81. The first-order valence-electron chi connectivity index (χ1n) is 5.48. The Morgan fingerprint density at radius 2 is 1.94 bits per heavy atom. The number of benzene rings is 1. The first-order chi connectivity index (χ1) is 7.61.